The number of aromatic nitrogens is 3. The Morgan fingerprint density at radius 3 is 2.81 bits per heavy atom. The monoisotopic (exact) mass is 289 g/mol. The van der Waals surface area contributed by atoms with E-state index in [1.807, 2.05) is 13.0 Å². The summed E-state index contributed by atoms with van der Waals surface area (Å²) in [7, 11) is 0. The van der Waals surface area contributed by atoms with Gasteiger partial charge in [0.25, 0.3) is 0 Å². The smallest absolute Gasteiger partial charge is 0.219 e. The highest BCUT2D eigenvalue weighted by Gasteiger charge is 2.32. The Kier molecular flexibility index (Phi) is 3.85. The molecule has 3 heterocycles. The lowest BCUT2D eigenvalue weighted by molar-refractivity contribution is 0.137. The molecule has 3 rings (SSSR count). The van der Waals surface area contributed by atoms with Crippen molar-refractivity contribution in [3.05, 3.63) is 35.5 Å². The van der Waals surface area contributed by atoms with Crippen molar-refractivity contribution in [1.29, 1.82) is 0 Å². The van der Waals surface area contributed by atoms with E-state index in [-0.39, 0.29) is 18.0 Å². The molecule has 0 saturated carbocycles. The number of nitrogen functional groups attached to an aromatic ring is 1. The number of hydrogen-bond acceptors (Lipinski definition) is 7. The van der Waals surface area contributed by atoms with Gasteiger partial charge in [0.05, 0.1) is 11.8 Å². The van der Waals surface area contributed by atoms with Crippen molar-refractivity contribution in [2.24, 2.45) is 5.92 Å². The van der Waals surface area contributed by atoms with Gasteiger partial charge in [-0.3, -0.25) is 4.90 Å². The van der Waals surface area contributed by atoms with Gasteiger partial charge in [-0.2, -0.15) is 0 Å². The maximum atomic E-state index is 10.2. The van der Waals surface area contributed by atoms with Crippen molar-refractivity contribution in [3.8, 4) is 0 Å². The van der Waals surface area contributed by atoms with Gasteiger partial charge in [-0.25, -0.2) is 9.97 Å². The van der Waals surface area contributed by atoms with Gasteiger partial charge in [0.2, 0.25) is 5.95 Å². The molecule has 1 fully saturated rings. The number of hydrogen-bond donors (Lipinski definition) is 2. The minimum Gasteiger partial charge on any atom is -0.391 e. The predicted molar refractivity (Wildman–Crippen MR) is 76.2 cm³/mol. The average molecular weight is 289 g/mol. The number of rotatable bonds is 4. The lowest BCUT2D eigenvalue weighted by Crippen LogP contribution is -2.21. The summed E-state index contributed by atoms with van der Waals surface area (Å²) in [5.74, 6) is 1.26. The van der Waals surface area contributed by atoms with Gasteiger partial charge in [0.1, 0.15) is 5.76 Å². The molecule has 2 aromatic heterocycles. The molecule has 1 aliphatic heterocycles. The second kappa shape index (κ2) is 5.79. The molecule has 0 spiro atoms. The maximum absolute atomic E-state index is 10.2. The first-order valence-electron chi connectivity index (χ1n) is 6.99. The highest BCUT2D eigenvalue weighted by Crippen LogP contribution is 2.23. The van der Waals surface area contributed by atoms with Crippen molar-refractivity contribution in [2.75, 3.05) is 18.8 Å². The van der Waals surface area contributed by atoms with E-state index in [2.05, 4.69) is 20.0 Å². The molecule has 21 heavy (non-hydrogen) atoms. The van der Waals surface area contributed by atoms with Crippen LogP contribution in [-0.2, 0) is 13.0 Å². The van der Waals surface area contributed by atoms with E-state index in [0.717, 1.165) is 23.6 Å². The van der Waals surface area contributed by atoms with Crippen molar-refractivity contribution in [1.82, 2.24) is 20.0 Å². The van der Waals surface area contributed by atoms with Gasteiger partial charge in [-0.1, -0.05) is 5.16 Å². The molecule has 0 aliphatic carbocycles. The van der Waals surface area contributed by atoms with Crippen LogP contribution < -0.4 is 5.73 Å². The highest BCUT2D eigenvalue weighted by molar-refractivity contribution is 5.17. The van der Waals surface area contributed by atoms with Crippen molar-refractivity contribution in [3.63, 3.8) is 0 Å². The standard InChI is InChI=1S/C14H19N5O2/c1-9-2-12(21-18-9)3-11-7-19(8-13(11)20)6-10-4-16-14(15)17-5-10/h2,4-5,11,13,20H,3,6-8H2,1H3,(H2,15,16,17)/t11-,13+/m1/s1. The van der Waals surface area contributed by atoms with Crippen LogP contribution in [0.3, 0.4) is 0 Å². The molecule has 3 N–H and O–H groups in total. The summed E-state index contributed by atoms with van der Waals surface area (Å²) in [5.41, 5.74) is 7.34. The molecule has 0 amide bonds. The summed E-state index contributed by atoms with van der Waals surface area (Å²) in [6, 6.07) is 1.92. The lowest BCUT2D eigenvalue weighted by Gasteiger charge is -2.14. The quantitative estimate of drug-likeness (QED) is 0.839. The molecule has 0 aromatic carbocycles. The number of aryl methyl sites for hydroxylation is 1. The number of aliphatic hydroxyl groups excluding tert-OH is 1. The number of likely N-dealkylation sites (tertiary alicyclic amines) is 1. The number of aliphatic hydroxyl groups is 1. The Morgan fingerprint density at radius 1 is 1.38 bits per heavy atom. The first-order valence-corrected chi connectivity index (χ1v) is 6.99. The van der Waals surface area contributed by atoms with Crippen LogP contribution in [0, 0.1) is 12.8 Å². The summed E-state index contributed by atoms with van der Waals surface area (Å²) < 4.78 is 5.23. The SMILES string of the molecule is Cc1cc(C[C@@H]2CN(Cc3cnc(N)nc3)C[C@@H]2O)on1. The Balaban J connectivity index is 1.59. The van der Waals surface area contributed by atoms with E-state index in [1.54, 1.807) is 12.4 Å². The third-order valence-corrected chi connectivity index (χ3v) is 3.75. The normalized spacial score (nSPS) is 22.8. The Bertz CT molecular complexity index is 598. The van der Waals surface area contributed by atoms with Gasteiger partial charge in [0, 0.05) is 56.0 Å². The largest absolute Gasteiger partial charge is 0.391 e. The van der Waals surface area contributed by atoms with Crippen LogP contribution in [0.4, 0.5) is 5.95 Å². The molecule has 112 valence electrons. The van der Waals surface area contributed by atoms with Crippen molar-refractivity contribution >= 4 is 5.95 Å². The van der Waals surface area contributed by atoms with Gasteiger partial charge < -0.3 is 15.4 Å². The number of β-amino-alcohol motifs (C(OH)–C–C–N with tert-alkyl or cyclic N) is 1. The van der Waals surface area contributed by atoms with Crippen molar-refractivity contribution in [2.45, 2.75) is 26.0 Å². The topological polar surface area (TPSA) is 101 Å². The third kappa shape index (κ3) is 3.37. The Labute approximate surface area is 122 Å². The maximum Gasteiger partial charge on any atom is 0.219 e. The lowest BCUT2D eigenvalue weighted by atomic mass is 10.0. The number of nitrogens with two attached hydrogens (primary N) is 1. The molecule has 2 atom stereocenters. The fourth-order valence-electron chi connectivity index (χ4n) is 2.75. The fraction of sp³-hybridized carbons (Fsp3) is 0.500. The fourth-order valence-corrected chi connectivity index (χ4v) is 2.75. The van der Waals surface area contributed by atoms with E-state index in [4.69, 9.17) is 10.3 Å². The van der Waals surface area contributed by atoms with E-state index < -0.39 is 0 Å². The van der Waals surface area contributed by atoms with Crippen LogP contribution in [0.25, 0.3) is 0 Å². The molecular formula is C14H19N5O2. The second-order valence-electron chi connectivity index (χ2n) is 5.61. The summed E-state index contributed by atoms with van der Waals surface area (Å²) in [6.45, 7) is 4.06. The predicted octanol–water partition coefficient (Wildman–Crippen LogP) is 0.391. The zero-order chi connectivity index (χ0) is 14.8. The number of anilines is 1. The zero-order valence-corrected chi connectivity index (χ0v) is 11.9. The molecule has 0 unspecified atom stereocenters. The van der Waals surface area contributed by atoms with E-state index in [1.165, 1.54) is 0 Å². The average Bonchev–Trinajstić information content (AvgIpc) is 3.00. The van der Waals surface area contributed by atoms with Gasteiger partial charge in [0.15, 0.2) is 0 Å². The van der Waals surface area contributed by atoms with E-state index >= 15 is 0 Å². The third-order valence-electron chi connectivity index (χ3n) is 3.75. The Hall–Kier alpha value is -1.99. The van der Waals surface area contributed by atoms with Gasteiger partial charge in [-0.15, -0.1) is 0 Å². The molecule has 0 bridgehead atoms. The summed E-state index contributed by atoms with van der Waals surface area (Å²) >= 11 is 0. The Morgan fingerprint density at radius 2 is 2.14 bits per heavy atom. The van der Waals surface area contributed by atoms with Crippen molar-refractivity contribution < 1.29 is 9.63 Å². The molecular weight excluding hydrogens is 270 g/mol. The minimum absolute atomic E-state index is 0.159. The van der Waals surface area contributed by atoms with Crippen LogP contribution in [-0.4, -0.2) is 44.3 Å². The molecule has 7 heteroatoms. The van der Waals surface area contributed by atoms with E-state index in [0.29, 0.717) is 19.5 Å². The van der Waals surface area contributed by atoms with Crippen LogP contribution in [0.2, 0.25) is 0 Å². The van der Waals surface area contributed by atoms with Crippen LogP contribution >= 0.6 is 0 Å². The highest BCUT2D eigenvalue weighted by atomic mass is 16.5. The van der Waals surface area contributed by atoms with Crippen LogP contribution in [0.5, 0.6) is 0 Å². The van der Waals surface area contributed by atoms with Crippen LogP contribution in [0.1, 0.15) is 17.0 Å². The van der Waals surface area contributed by atoms with E-state index in [9.17, 15) is 5.11 Å². The number of nitrogens with zero attached hydrogens (tertiary/aromatic N) is 4. The minimum atomic E-state index is -0.356. The van der Waals surface area contributed by atoms with Crippen LogP contribution in [0.15, 0.2) is 23.0 Å². The summed E-state index contributed by atoms with van der Waals surface area (Å²) in [4.78, 5) is 10.2. The first-order chi connectivity index (χ1) is 10.1. The molecule has 1 saturated heterocycles. The molecule has 1 aliphatic rings. The van der Waals surface area contributed by atoms with Gasteiger partial charge in [-0.05, 0) is 6.92 Å². The second-order valence-corrected chi connectivity index (χ2v) is 5.61. The molecule has 2 aromatic rings. The van der Waals surface area contributed by atoms with Gasteiger partial charge >= 0.3 is 0 Å². The zero-order valence-electron chi connectivity index (χ0n) is 11.9. The molecule has 0 radical (unpaired) electrons. The summed E-state index contributed by atoms with van der Waals surface area (Å²) in [5, 5.41) is 14.1. The molecule has 7 nitrogen and oxygen atoms in total. The first kappa shape index (κ1) is 14.0. The summed E-state index contributed by atoms with van der Waals surface area (Å²) in [6.07, 6.45) is 3.80.